The van der Waals surface area contributed by atoms with Gasteiger partial charge in [-0.1, -0.05) is 77.1 Å². The molecule has 0 aliphatic heterocycles. The molecule has 0 bridgehead atoms. The summed E-state index contributed by atoms with van der Waals surface area (Å²) in [5.74, 6) is 2.27. The van der Waals surface area contributed by atoms with Crippen LogP contribution < -0.4 is 0 Å². The third kappa shape index (κ3) is 5.03. The van der Waals surface area contributed by atoms with E-state index in [-0.39, 0.29) is 39.7 Å². The van der Waals surface area contributed by atoms with E-state index in [1.165, 1.54) is 31.3 Å². The molecule has 0 spiro atoms. The summed E-state index contributed by atoms with van der Waals surface area (Å²) in [6.45, 7) is 20.0. The summed E-state index contributed by atoms with van der Waals surface area (Å²) < 4.78 is 12.4. The molecule has 0 saturated heterocycles. The second kappa shape index (κ2) is 11.8. The Hall–Kier alpha value is -2.14. The molecular weight excluding hydrogens is 570 g/mol. The normalized spacial score (nSPS) is 42.6. The highest BCUT2D eigenvalue weighted by Crippen LogP contribution is 2.77. The summed E-state index contributed by atoms with van der Waals surface area (Å²) in [5, 5.41) is 0. The average Bonchev–Trinajstić information content (AvgIpc) is 3.39. The number of likely N-dealkylation sites (N-methyl/N-ethyl adjacent to an activating group) is 1. The molecule has 5 aliphatic carbocycles. The summed E-state index contributed by atoms with van der Waals surface area (Å²) in [4.78, 5) is 28.9. The van der Waals surface area contributed by atoms with Crippen molar-refractivity contribution < 1.29 is 19.1 Å². The van der Waals surface area contributed by atoms with Gasteiger partial charge in [-0.05, 0) is 137 Å². The molecule has 0 radical (unpaired) electrons. The number of hydrogen-bond donors (Lipinski definition) is 0. The number of allylic oxidation sites excluding steroid dienone is 1. The first kappa shape index (κ1) is 33.7. The summed E-state index contributed by atoms with van der Waals surface area (Å²) in [6, 6.07) is 10.1. The van der Waals surface area contributed by atoms with E-state index in [0.717, 1.165) is 44.1 Å². The third-order valence-electron chi connectivity index (χ3n) is 15.3. The lowest BCUT2D eigenvalue weighted by molar-refractivity contribution is -0.251. The fraction of sp³-hybridized carbons (Fsp3) is 0.756. The van der Waals surface area contributed by atoms with Gasteiger partial charge >= 0.3 is 11.9 Å². The smallest absolute Gasteiger partial charge is 0.320 e. The Morgan fingerprint density at radius 1 is 0.848 bits per heavy atom. The van der Waals surface area contributed by atoms with Crippen LogP contribution in [0.3, 0.4) is 0 Å². The molecule has 0 heterocycles. The topological polar surface area (TPSA) is 55.8 Å². The molecule has 6 rings (SSSR count). The minimum Gasteiger partial charge on any atom is -0.461 e. The van der Waals surface area contributed by atoms with E-state index in [4.69, 9.17) is 9.47 Å². The highest BCUT2D eigenvalue weighted by atomic mass is 16.5. The van der Waals surface area contributed by atoms with E-state index < -0.39 is 5.41 Å². The summed E-state index contributed by atoms with van der Waals surface area (Å²) in [6.07, 6.45) is 10.8. The largest absolute Gasteiger partial charge is 0.461 e. The van der Waals surface area contributed by atoms with E-state index in [1.54, 1.807) is 0 Å². The Labute approximate surface area is 279 Å². The van der Waals surface area contributed by atoms with Gasteiger partial charge in [0.2, 0.25) is 0 Å². The van der Waals surface area contributed by atoms with Crippen molar-refractivity contribution in [2.45, 2.75) is 118 Å². The molecule has 5 nitrogen and oxygen atoms in total. The van der Waals surface area contributed by atoms with Gasteiger partial charge in [-0.15, -0.1) is 0 Å². The average molecular weight is 632 g/mol. The van der Waals surface area contributed by atoms with Crippen molar-refractivity contribution in [1.29, 1.82) is 0 Å². The number of benzene rings is 1. The maximum absolute atomic E-state index is 14.3. The van der Waals surface area contributed by atoms with Crippen LogP contribution >= 0.6 is 0 Å². The number of rotatable bonds is 7. The van der Waals surface area contributed by atoms with Crippen molar-refractivity contribution in [3.8, 4) is 0 Å². The summed E-state index contributed by atoms with van der Waals surface area (Å²) in [5.41, 5.74) is 2.42. The number of carbonyl (C=O) groups excluding carboxylic acids is 2. The Morgan fingerprint density at radius 3 is 2.24 bits per heavy atom. The van der Waals surface area contributed by atoms with Crippen molar-refractivity contribution >= 4 is 11.9 Å². The second-order valence-corrected chi connectivity index (χ2v) is 18.0. The van der Waals surface area contributed by atoms with Gasteiger partial charge in [0.1, 0.15) is 12.7 Å². The standard InChI is InChI=1S/C41H61NO4/c1-27(2)29-17-22-41(36(44)45-26-28-13-11-10-12-14-28)24-23-39(6)30(35(29)41)15-16-32-38(5)20-19-33(46-34(43)25-42(8)9)37(3,4)31(38)18-21-40(32,39)7/h10-14,29-33,35H,1,15-26H2,2-9H3/t29-,30?,31?,32?,33-,35?,38-,39+,40+,41-/m0/s1. The zero-order chi connectivity index (χ0) is 33.3. The maximum Gasteiger partial charge on any atom is 0.320 e. The second-order valence-electron chi connectivity index (χ2n) is 18.0. The highest BCUT2D eigenvalue weighted by Gasteiger charge is 2.72. The molecule has 5 aliphatic rings. The Kier molecular flexibility index (Phi) is 8.64. The number of esters is 2. The number of carbonyl (C=O) groups is 2. The molecule has 254 valence electrons. The van der Waals surface area contributed by atoms with Gasteiger partial charge in [0, 0.05) is 5.41 Å². The van der Waals surface area contributed by atoms with Crippen LogP contribution in [-0.2, 0) is 25.7 Å². The number of nitrogens with zero attached hydrogens (tertiary/aromatic N) is 1. The van der Waals surface area contributed by atoms with Crippen LogP contribution in [0.2, 0.25) is 0 Å². The van der Waals surface area contributed by atoms with Gasteiger partial charge in [-0.25, -0.2) is 0 Å². The molecule has 1 aromatic rings. The Morgan fingerprint density at radius 2 is 1.57 bits per heavy atom. The van der Waals surface area contributed by atoms with Crippen LogP contribution in [0.15, 0.2) is 42.5 Å². The van der Waals surface area contributed by atoms with Gasteiger partial charge in [0.25, 0.3) is 0 Å². The van der Waals surface area contributed by atoms with E-state index in [1.807, 2.05) is 49.3 Å². The number of fused-ring (bicyclic) bond motifs is 7. The molecule has 0 aromatic heterocycles. The fourth-order valence-electron chi connectivity index (χ4n) is 13.0. The zero-order valence-corrected chi connectivity index (χ0v) is 30.1. The minimum absolute atomic E-state index is 0.0266. The monoisotopic (exact) mass is 631 g/mol. The first-order valence-corrected chi connectivity index (χ1v) is 18.3. The van der Waals surface area contributed by atoms with Crippen molar-refractivity contribution in [1.82, 2.24) is 4.90 Å². The van der Waals surface area contributed by atoms with Crippen molar-refractivity contribution in [2.24, 2.45) is 56.7 Å². The maximum atomic E-state index is 14.3. The van der Waals surface area contributed by atoms with Crippen LogP contribution in [0.25, 0.3) is 0 Å². The zero-order valence-electron chi connectivity index (χ0n) is 30.1. The van der Waals surface area contributed by atoms with Crippen LogP contribution in [0.5, 0.6) is 0 Å². The van der Waals surface area contributed by atoms with Gasteiger partial charge in [-0.3, -0.25) is 14.5 Å². The lowest BCUT2D eigenvalue weighted by Gasteiger charge is -2.72. The molecule has 10 atom stereocenters. The van der Waals surface area contributed by atoms with Crippen molar-refractivity contribution in [3.05, 3.63) is 48.0 Å². The van der Waals surface area contributed by atoms with Gasteiger partial charge < -0.3 is 9.47 Å². The minimum atomic E-state index is -0.399. The SMILES string of the molecule is C=C(C)[C@@H]1CC[C@]2(C(=O)OCc3ccccc3)CC[C@]3(C)C(CCC4[C@@]5(C)CC[C@H](OC(=O)CN(C)C)C(C)(C)C5CC[C@]43C)C12. The summed E-state index contributed by atoms with van der Waals surface area (Å²) >= 11 is 0. The van der Waals surface area contributed by atoms with Gasteiger partial charge in [-0.2, -0.15) is 0 Å². The molecule has 5 heteroatoms. The van der Waals surface area contributed by atoms with Crippen molar-refractivity contribution in [2.75, 3.05) is 20.6 Å². The molecule has 5 saturated carbocycles. The highest BCUT2D eigenvalue weighted by molar-refractivity contribution is 5.78. The quantitative estimate of drug-likeness (QED) is 0.222. The molecule has 0 amide bonds. The Balaban J connectivity index is 1.28. The molecule has 5 fully saturated rings. The number of hydrogen-bond acceptors (Lipinski definition) is 5. The first-order chi connectivity index (χ1) is 21.6. The molecule has 46 heavy (non-hydrogen) atoms. The van der Waals surface area contributed by atoms with E-state index in [9.17, 15) is 9.59 Å². The van der Waals surface area contributed by atoms with E-state index in [0.29, 0.717) is 42.7 Å². The molecular formula is C41H61NO4. The van der Waals surface area contributed by atoms with Crippen molar-refractivity contribution in [3.63, 3.8) is 0 Å². The molecule has 1 aromatic carbocycles. The predicted octanol–water partition coefficient (Wildman–Crippen LogP) is 8.86. The van der Waals surface area contributed by atoms with Crippen LogP contribution in [0.4, 0.5) is 0 Å². The fourth-order valence-corrected chi connectivity index (χ4v) is 13.0. The van der Waals surface area contributed by atoms with Crippen LogP contribution in [0.1, 0.15) is 111 Å². The first-order valence-electron chi connectivity index (χ1n) is 18.3. The van der Waals surface area contributed by atoms with E-state index >= 15 is 0 Å². The van der Waals surface area contributed by atoms with Crippen LogP contribution in [-0.4, -0.2) is 43.6 Å². The van der Waals surface area contributed by atoms with Gasteiger partial charge in [0.15, 0.2) is 0 Å². The summed E-state index contributed by atoms with van der Waals surface area (Å²) in [7, 11) is 3.85. The molecule has 0 N–H and O–H groups in total. The molecule has 4 unspecified atom stereocenters. The lowest BCUT2D eigenvalue weighted by Crippen LogP contribution is -2.67. The van der Waals surface area contributed by atoms with Gasteiger partial charge in [0.05, 0.1) is 12.0 Å². The lowest BCUT2D eigenvalue weighted by atomic mass is 9.32. The predicted molar refractivity (Wildman–Crippen MR) is 184 cm³/mol. The Bertz CT molecular complexity index is 1340. The van der Waals surface area contributed by atoms with E-state index in [2.05, 4.69) is 48.1 Å². The third-order valence-corrected chi connectivity index (χ3v) is 15.3. The number of ether oxygens (including phenoxy) is 2. The van der Waals surface area contributed by atoms with Crippen LogP contribution in [0, 0.1) is 56.7 Å².